The van der Waals surface area contributed by atoms with E-state index in [1.54, 1.807) is 0 Å². The molecule has 0 aromatic heterocycles. The Labute approximate surface area is 150 Å². The molecule has 0 heterocycles. The van der Waals surface area contributed by atoms with E-state index in [-0.39, 0.29) is 5.75 Å². The number of hydrogen-bond acceptors (Lipinski definition) is 3. The second kappa shape index (κ2) is 16.3. The zero-order chi connectivity index (χ0) is 18.1. The molecular weight excluding hydrogens is 324 g/mol. The number of hydrogen-bond donors (Lipinski definition) is 2. The lowest BCUT2D eigenvalue weighted by molar-refractivity contribution is 0.150. The van der Waals surface area contributed by atoms with E-state index in [2.05, 4.69) is 6.92 Å². The molecule has 0 aromatic carbocycles. The lowest BCUT2D eigenvalue weighted by Crippen LogP contribution is -2.10. The van der Waals surface area contributed by atoms with Crippen LogP contribution in [0.3, 0.4) is 0 Å². The molecule has 1 atom stereocenters. The van der Waals surface area contributed by atoms with E-state index in [9.17, 15) is 13.5 Å². The van der Waals surface area contributed by atoms with Crippen LogP contribution in [0.2, 0.25) is 0 Å². The number of aliphatic hydroxyl groups excluding tert-OH is 1. The van der Waals surface area contributed by atoms with Gasteiger partial charge in [0.15, 0.2) is 0 Å². The van der Waals surface area contributed by atoms with Crippen LogP contribution in [0.25, 0.3) is 0 Å². The Bertz CT molecular complexity index is 354. The third kappa shape index (κ3) is 19.9. The van der Waals surface area contributed by atoms with E-state index in [0.29, 0.717) is 12.8 Å². The molecule has 0 aromatic rings. The molecule has 0 amide bonds. The highest BCUT2D eigenvalue weighted by molar-refractivity contribution is 7.85. The summed E-state index contributed by atoms with van der Waals surface area (Å²) in [6, 6.07) is 0. The monoisotopic (exact) mass is 364 g/mol. The molecule has 0 aliphatic heterocycles. The van der Waals surface area contributed by atoms with Gasteiger partial charge in [-0.25, -0.2) is 0 Å². The van der Waals surface area contributed by atoms with Gasteiger partial charge in [0, 0.05) is 0 Å². The Hall–Kier alpha value is -0.130. The SMILES string of the molecule is CCCCCCCCCCCCCCCC(O)CCCS(=O)(=O)O. The molecule has 5 heteroatoms. The summed E-state index contributed by atoms with van der Waals surface area (Å²) in [7, 11) is -3.88. The summed E-state index contributed by atoms with van der Waals surface area (Å²) in [4.78, 5) is 0. The van der Waals surface area contributed by atoms with Crippen LogP contribution in [0.15, 0.2) is 0 Å². The van der Waals surface area contributed by atoms with Crippen LogP contribution >= 0.6 is 0 Å². The largest absolute Gasteiger partial charge is 0.393 e. The summed E-state index contributed by atoms with van der Waals surface area (Å²) < 4.78 is 29.8. The maximum Gasteiger partial charge on any atom is 0.264 e. The maximum atomic E-state index is 10.6. The highest BCUT2D eigenvalue weighted by atomic mass is 32.2. The predicted octanol–water partition coefficient (Wildman–Crippen LogP) is 5.50. The summed E-state index contributed by atoms with van der Waals surface area (Å²) >= 11 is 0. The Morgan fingerprint density at radius 2 is 1.04 bits per heavy atom. The molecule has 0 saturated carbocycles. The van der Waals surface area contributed by atoms with Gasteiger partial charge in [0.25, 0.3) is 10.1 Å². The molecule has 24 heavy (non-hydrogen) atoms. The van der Waals surface area contributed by atoms with E-state index < -0.39 is 16.2 Å². The third-order valence-electron chi connectivity index (χ3n) is 4.58. The summed E-state index contributed by atoms with van der Waals surface area (Å²) in [5.74, 6) is -0.247. The van der Waals surface area contributed by atoms with Gasteiger partial charge < -0.3 is 5.11 Å². The molecule has 0 bridgehead atoms. The zero-order valence-corrected chi connectivity index (χ0v) is 16.5. The highest BCUT2D eigenvalue weighted by Crippen LogP contribution is 2.14. The first kappa shape index (κ1) is 23.9. The molecule has 4 nitrogen and oxygen atoms in total. The lowest BCUT2D eigenvalue weighted by Gasteiger charge is -2.09. The number of aliphatic hydroxyl groups is 1. The zero-order valence-electron chi connectivity index (χ0n) is 15.7. The Morgan fingerprint density at radius 3 is 1.46 bits per heavy atom. The average molecular weight is 365 g/mol. The standard InChI is InChI=1S/C19H40O4S/c1-2-3-4-5-6-7-8-9-10-11-12-13-14-16-19(20)17-15-18-24(21,22)23/h19-20H,2-18H2,1H3,(H,21,22,23). The Morgan fingerprint density at radius 1 is 0.667 bits per heavy atom. The van der Waals surface area contributed by atoms with E-state index in [4.69, 9.17) is 4.55 Å². The van der Waals surface area contributed by atoms with Gasteiger partial charge in [-0.1, -0.05) is 90.4 Å². The molecule has 0 rings (SSSR count). The summed E-state index contributed by atoms with van der Waals surface area (Å²) in [5.41, 5.74) is 0. The van der Waals surface area contributed by atoms with E-state index in [1.807, 2.05) is 0 Å². The van der Waals surface area contributed by atoms with Crippen LogP contribution in [0.4, 0.5) is 0 Å². The fourth-order valence-electron chi connectivity index (χ4n) is 3.04. The Kier molecular flexibility index (Phi) is 16.3. The summed E-state index contributed by atoms with van der Waals surface area (Å²) in [6.07, 6.45) is 18.1. The van der Waals surface area contributed by atoms with Crippen LogP contribution < -0.4 is 0 Å². The summed E-state index contributed by atoms with van der Waals surface area (Å²) in [5, 5.41) is 9.75. The van der Waals surface area contributed by atoms with E-state index >= 15 is 0 Å². The number of unbranched alkanes of at least 4 members (excludes halogenated alkanes) is 12. The second-order valence-electron chi connectivity index (χ2n) is 7.11. The maximum absolute atomic E-state index is 10.6. The smallest absolute Gasteiger partial charge is 0.264 e. The minimum atomic E-state index is -3.88. The predicted molar refractivity (Wildman–Crippen MR) is 102 cm³/mol. The molecule has 0 fully saturated rings. The van der Waals surface area contributed by atoms with Crippen molar-refractivity contribution in [3.05, 3.63) is 0 Å². The fraction of sp³-hybridized carbons (Fsp3) is 1.00. The molecule has 0 radical (unpaired) electrons. The van der Waals surface area contributed by atoms with Gasteiger partial charge in [-0.2, -0.15) is 8.42 Å². The van der Waals surface area contributed by atoms with Crippen LogP contribution in [0.1, 0.15) is 110 Å². The molecule has 0 saturated heterocycles. The van der Waals surface area contributed by atoms with E-state index in [1.165, 1.54) is 70.6 Å². The van der Waals surface area contributed by atoms with Crippen molar-refractivity contribution in [2.45, 2.75) is 116 Å². The Balaban J connectivity index is 3.19. The highest BCUT2D eigenvalue weighted by Gasteiger charge is 2.08. The molecular formula is C19H40O4S. The first-order chi connectivity index (χ1) is 11.5. The quantitative estimate of drug-likeness (QED) is 0.249. The van der Waals surface area contributed by atoms with Crippen LogP contribution in [-0.2, 0) is 10.1 Å². The van der Waals surface area contributed by atoms with Crippen LogP contribution in [0, 0.1) is 0 Å². The fourth-order valence-corrected chi connectivity index (χ4v) is 3.57. The average Bonchev–Trinajstić information content (AvgIpc) is 2.50. The van der Waals surface area contributed by atoms with Crippen LogP contribution in [-0.4, -0.2) is 29.9 Å². The molecule has 0 spiro atoms. The summed E-state index contributed by atoms with van der Waals surface area (Å²) in [6.45, 7) is 2.25. The molecule has 1 unspecified atom stereocenters. The minimum Gasteiger partial charge on any atom is -0.393 e. The van der Waals surface area contributed by atoms with Crippen molar-refractivity contribution in [1.82, 2.24) is 0 Å². The minimum absolute atomic E-state index is 0.247. The van der Waals surface area contributed by atoms with Gasteiger partial charge >= 0.3 is 0 Å². The van der Waals surface area contributed by atoms with Gasteiger partial charge in [-0.15, -0.1) is 0 Å². The van der Waals surface area contributed by atoms with Gasteiger partial charge in [0.2, 0.25) is 0 Å². The second-order valence-corrected chi connectivity index (χ2v) is 8.69. The van der Waals surface area contributed by atoms with Crippen LogP contribution in [0.5, 0.6) is 0 Å². The normalized spacial score (nSPS) is 13.3. The number of rotatable bonds is 18. The molecule has 146 valence electrons. The van der Waals surface area contributed by atoms with Gasteiger partial charge in [0.05, 0.1) is 11.9 Å². The van der Waals surface area contributed by atoms with Crippen molar-refractivity contribution in [3.63, 3.8) is 0 Å². The first-order valence-electron chi connectivity index (χ1n) is 10.1. The van der Waals surface area contributed by atoms with E-state index in [0.717, 1.165) is 19.3 Å². The van der Waals surface area contributed by atoms with Gasteiger partial charge in [0.1, 0.15) is 0 Å². The molecule has 0 aliphatic carbocycles. The van der Waals surface area contributed by atoms with Crippen molar-refractivity contribution < 1.29 is 18.1 Å². The van der Waals surface area contributed by atoms with Crippen molar-refractivity contribution in [2.24, 2.45) is 0 Å². The van der Waals surface area contributed by atoms with Gasteiger partial charge in [-0.3, -0.25) is 4.55 Å². The third-order valence-corrected chi connectivity index (χ3v) is 5.39. The van der Waals surface area contributed by atoms with Gasteiger partial charge in [-0.05, 0) is 19.3 Å². The van der Waals surface area contributed by atoms with Crippen molar-refractivity contribution in [2.75, 3.05) is 5.75 Å². The van der Waals surface area contributed by atoms with Crippen molar-refractivity contribution >= 4 is 10.1 Å². The lowest BCUT2D eigenvalue weighted by atomic mass is 10.0. The topological polar surface area (TPSA) is 74.6 Å². The van der Waals surface area contributed by atoms with Crippen molar-refractivity contribution in [1.29, 1.82) is 0 Å². The molecule has 2 N–H and O–H groups in total. The first-order valence-corrected chi connectivity index (χ1v) is 11.7. The molecule has 0 aliphatic rings. The van der Waals surface area contributed by atoms with Crippen molar-refractivity contribution in [3.8, 4) is 0 Å².